The van der Waals surface area contributed by atoms with E-state index in [2.05, 4.69) is 77.6 Å². The van der Waals surface area contributed by atoms with Crippen molar-refractivity contribution >= 4 is 75.6 Å². The Labute approximate surface area is 328 Å². The zero-order chi connectivity index (χ0) is 39.3. The summed E-state index contributed by atoms with van der Waals surface area (Å²) in [6.45, 7) is 6.19. The lowest BCUT2D eigenvalue weighted by Crippen LogP contribution is -2.11. The topological polar surface area (TPSA) is 173 Å². The summed E-state index contributed by atoms with van der Waals surface area (Å²) in [5.41, 5.74) is 13.9. The molecule has 6 N–H and O–H groups in total. The molecule has 0 saturated heterocycles. The smallest absolute Gasteiger partial charge is 0.238 e. The number of aromatic nitrogens is 2. The van der Waals surface area contributed by atoms with Gasteiger partial charge in [-0.3, -0.25) is 4.79 Å². The molecule has 12 heteroatoms. The fourth-order valence-electron chi connectivity index (χ4n) is 6.87. The maximum Gasteiger partial charge on any atom is 0.238 e. The van der Waals surface area contributed by atoms with E-state index in [4.69, 9.17) is 16.0 Å². The fraction of sp³-hybridized carbons (Fsp3) is 0.159. The van der Waals surface area contributed by atoms with E-state index in [-0.39, 0.29) is 17.2 Å². The molecule has 0 radical (unpaired) electrons. The number of carbonyl (C=O) groups is 1. The van der Waals surface area contributed by atoms with Gasteiger partial charge in [-0.1, -0.05) is 62.0 Å². The molecule has 0 aliphatic rings. The van der Waals surface area contributed by atoms with E-state index < -0.39 is 20.0 Å². The van der Waals surface area contributed by atoms with Gasteiger partial charge in [0.1, 0.15) is 6.29 Å². The van der Waals surface area contributed by atoms with Crippen LogP contribution in [0, 0.1) is 0 Å². The SMILES string of the molecule is C.CCn1c2ccccc2c2cc(C=O)ccc21.CCn1c2ccccc2c2cc(CCc3ccc(S(N)(=O)=O)cc3)ccc21.Nc1ccc(S(N)(=O)=O)cc1. The Kier molecular flexibility index (Phi) is 12.8. The lowest BCUT2D eigenvalue weighted by molar-refractivity contribution is 0.112. The molecule has 0 bridgehead atoms. The summed E-state index contributed by atoms with van der Waals surface area (Å²) < 4.78 is 48.7. The average molecular weight is 790 g/mol. The molecule has 0 amide bonds. The molecule has 0 atom stereocenters. The van der Waals surface area contributed by atoms with Gasteiger partial charge in [-0.2, -0.15) is 0 Å². The molecule has 290 valence electrons. The Hall–Kier alpha value is -5.79. The van der Waals surface area contributed by atoms with Gasteiger partial charge in [-0.25, -0.2) is 27.1 Å². The number of aryl methyl sites for hydroxylation is 4. The van der Waals surface area contributed by atoms with E-state index in [1.165, 1.54) is 68.1 Å². The third-order valence-corrected chi connectivity index (χ3v) is 11.4. The van der Waals surface area contributed by atoms with Crippen molar-refractivity contribution < 1.29 is 21.6 Å². The minimum absolute atomic E-state index is 0. The van der Waals surface area contributed by atoms with Crippen LogP contribution in [0.2, 0.25) is 0 Å². The van der Waals surface area contributed by atoms with Crippen molar-refractivity contribution in [3.05, 3.63) is 150 Å². The lowest BCUT2D eigenvalue weighted by atomic mass is 10.0. The summed E-state index contributed by atoms with van der Waals surface area (Å²) in [6, 6.07) is 41.9. The Morgan fingerprint density at radius 3 is 1.41 bits per heavy atom. The molecule has 8 aromatic rings. The second-order valence-corrected chi connectivity index (χ2v) is 16.2. The number of aldehydes is 1. The van der Waals surface area contributed by atoms with Gasteiger partial charge in [0, 0.05) is 68.0 Å². The number of benzene rings is 6. The van der Waals surface area contributed by atoms with Gasteiger partial charge in [0.25, 0.3) is 0 Å². The van der Waals surface area contributed by atoms with E-state index in [1.807, 2.05) is 42.5 Å². The van der Waals surface area contributed by atoms with Gasteiger partial charge < -0.3 is 14.9 Å². The molecule has 0 saturated carbocycles. The molecule has 8 rings (SSSR count). The molecule has 0 spiro atoms. The van der Waals surface area contributed by atoms with Gasteiger partial charge in [-0.15, -0.1) is 0 Å². The second-order valence-electron chi connectivity index (χ2n) is 13.1. The summed E-state index contributed by atoms with van der Waals surface area (Å²) in [5.74, 6) is 0. The normalized spacial score (nSPS) is 11.4. The largest absolute Gasteiger partial charge is 0.399 e. The van der Waals surface area contributed by atoms with Crippen molar-refractivity contribution in [1.82, 2.24) is 9.13 Å². The number of fused-ring (bicyclic) bond motifs is 6. The Morgan fingerprint density at radius 1 is 0.518 bits per heavy atom. The number of sulfonamides is 2. The summed E-state index contributed by atoms with van der Waals surface area (Å²) in [6.07, 6.45) is 2.65. The maximum atomic E-state index is 11.4. The van der Waals surface area contributed by atoms with Crippen LogP contribution in [-0.2, 0) is 46.0 Å². The number of nitrogens with two attached hydrogens (primary N) is 3. The van der Waals surface area contributed by atoms with Gasteiger partial charge in [-0.05, 0) is 117 Å². The number of nitrogens with zero attached hydrogens (tertiary/aromatic N) is 2. The van der Waals surface area contributed by atoms with Crippen molar-refractivity contribution in [2.45, 2.75) is 57.0 Å². The van der Waals surface area contributed by atoms with Crippen LogP contribution in [0.5, 0.6) is 0 Å². The van der Waals surface area contributed by atoms with Crippen molar-refractivity contribution in [3.63, 3.8) is 0 Å². The highest BCUT2D eigenvalue weighted by Crippen LogP contribution is 2.31. The highest BCUT2D eigenvalue weighted by molar-refractivity contribution is 7.89. The second kappa shape index (κ2) is 17.3. The van der Waals surface area contributed by atoms with E-state index >= 15 is 0 Å². The molecule has 6 aromatic carbocycles. The quantitative estimate of drug-likeness (QED) is 0.103. The Bertz CT molecular complexity index is 2860. The molecule has 0 aliphatic heterocycles. The number of para-hydroxylation sites is 2. The highest BCUT2D eigenvalue weighted by atomic mass is 32.2. The number of hydrogen-bond donors (Lipinski definition) is 3. The molecule has 10 nitrogen and oxygen atoms in total. The zero-order valence-corrected chi connectivity index (χ0v) is 32.2. The monoisotopic (exact) mass is 789 g/mol. The van der Waals surface area contributed by atoms with Crippen LogP contribution in [0.15, 0.2) is 143 Å². The van der Waals surface area contributed by atoms with Crippen LogP contribution < -0.4 is 16.0 Å². The minimum Gasteiger partial charge on any atom is -0.399 e. The van der Waals surface area contributed by atoms with Crippen molar-refractivity contribution in [2.75, 3.05) is 5.73 Å². The molecular weight excluding hydrogens is 743 g/mol. The number of anilines is 1. The standard InChI is InChI=1S/C22H22N2O2S.C15H13NO.C6H8N2O2S.CH4/c1-2-24-21-6-4-3-5-19(21)20-15-17(11-14-22(20)24)8-7-16-9-12-18(13-10-16)27(23,25)26;1-2-16-14-6-4-3-5-12(14)13-9-11(10-17)7-8-15(13)16;7-5-1-3-6(4-2-5)11(8,9)10;/h3-6,9-15H,2,7-8H2,1H3,(H2,23,25,26);3-10H,2H2,1H3;1-4H,7H2,(H2,8,9,10);1H4. The summed E-state index contributed by atoms with van der Waals surface area (Å²) in [7, 11) is -7.21. The van der Waals surface area contributed by atoms with E-state index in [0.717, 1.165) is 48.7 Å². The molecule has 2 aromatic heterocycles. The third-order valence-electron chi connectivity index (χ3n) is 9.56. The zero-order valence-electron chi connectivity index (χ0n) is 30.6. The van der Waals surface area contributed by atoms with E-state index in [9.17, 15) is 21.6 Å². The average Bonchev–Trinajstić information content (AvgIpc) is 3.68. The number of hydrogen-bond acceptors (Lipinski definition) is 6. The molecule has 0 unspecified atom stereocenters. The van der Waals surface area contributed by atoms with E-state index in [1.54, 1.807) is 12.1 Å². The number of rotatable bonds is 8. The third kappa shape index (κ3) is 9.01. The molecule has 56 heavy (non-hydrogen) atoms. The molecule has 0 fully saturated rings. The van der Waals surface area contributed by atoms with Crippen molar-refractivity contribution in [2.24, 2.45) is 10.3 Å². The van der Waals surface area contributed by atoms with Crippen molar-refractivity contribution in [1.29, 1.82) is 0 Å². The molecule has 0 aliphatic carbocycles. The van der Waals surface area contributed by atoms with Gasteiger partial charge in [0.2, 0.25) is 20.0 Å². The lowest BCUT2D eigenvalue weighted by Gasteiger charge is -2.06. The van der Waals surface area contributed by atoms with Crippen LogP contribution in [0.25, 0.3) is 43.6 Å². The summed E-state index contributed by atoms with van der Waals surface area (Å²) in [5, 5.41) is 14.9. The summed E-state index contributed by atoms with van der Waals surface area (Å²) in [4.78, 5) is 11.1. The van der Waals surface area contributed by atoms with Gasteiger partial charge in [0.15, 0.2) is 0 Å². The number of carbonyl (C=O) groups excluding carboxylic acids is 1. The maximum absolute atomic E-state index is 11.4. The first-order valence-corrected chi connectivity index (χ1v) is 20.9. The van der Waals surface area contributed by atoms with Crippen LogP contribution in [-0.4, -0.2) is 32.3 Å². The van der Waals surface area contributed by atoms with Gasteiger partial charge in [0.05, 0.1) is 9.79 Å². The van der Waals surface area contributed by atoms with Gasteiger partial charge >= 0.3 is 0 Å². The van der Waals surface area contributed by atoms with Crippen molar-refractivity contribution in [3.8, 4) is 0 Å². The minimum atomic E-state index is -3.63. The van der Waals surface area contributed by atoms with Crippen LogP contribution in [0.4, 0.5) is 5.69 Å². The number of nitrogen functional groups attached to an aromatic ring is 1. The molecule has 2 heterocycles. The van der Waals surface area contributed by atoms with E-state index in [0.29, 0.717) is 5.69 Å². The first kappa shape index (κ1) is 41.4. The Balaban J connectivity index is 0.000000177. The fourth-order valence-corrected chi connectivity index (χ4v) is 7.91. The first-order chi connectivity index (χ1) is 26.3. The first-order valence-electron chi connectivity index (χ1n) is 17.8. The highest BCUT2D eigenvalue weighted by Gasteiger charge is 2.12. The molecular formula is C44H47N5O5S2. The predicted molar refractivity (Wildman–Crippen MR) is 230 cm³/mol. The summed E-state index contributed by atoms with van der Waals surface area (Å²) >= 11 is 0. The Morgan fingerprint density at radius 2 is 0.929 bits per heavy atom. The number of primary sulfonamides is 2. The van der Waals surface area contributed by atoms with Crippen LogP contribution in [0.3, 0.4) is 0 Å². The van der Waals surface area contributed by atoms with Crippen LogP contribution >= 0.6 is 0 Å². The van der Waals surface area contributed by atoms with Crippen LogP contribution in [0.1, 0.15) is 42.8 Å². The predicted octanol–water partition coefficient (Wildman–Crippen LogP) is 8.43.